The number of sulfonamides is 1. The van der Waals surface area contributed by atoms with Crippen molar-refractivity contribution >= 4 is 33.0 Å². The van der Waals surface area contributed by atoms with Crippen LogP contribution in [0.3, 0.4) is 0 Å². The molecule has 0 amide bonds. The first-order valence-electron chi connectivity index (χ1n) is 10.2. The molecule has 1 aromatic heterocycles. The van der Waals surface area contributed by atoms with Gasteiger partial charge in [-0.2, -0.15) is 0 Å². The van der Waals surface area contributed by atoms with Crippen molar-refractivity contribution in [2.75, 3.05) is 29.8 Å². The molecule has 0 aliphatic carbocycles. The Morgan fingerprint density at radius 3 is 2.38 bits per heavy atom. The maximum Gasteiger partial charge on any atom is 0.261 e. The van der Waals surface area contributed by atoms with E-state index >= 15 is 0 Å². The third kappa shape index (κ3) is 5.26. The number of hydrogen-bond acceptors (Lipinski definition) is 6. The van der Waals surface area contributed by atoms with Gasteiger partial charge in [-0.05, 0) is 42.5 Å². The Bertz CT molecular complexity index is 1150. The summed E-state index contributed by atoms with van der Waals surface area (Å²) in [4.78, 5) is 6.68. The summed E-state index contributed by atoms with van der Waals surface area (Å²) in [5.74, 6) is 0.877. The molecule has 0 saturated carbocycles. The normalized spacial score (nSPS) is 14.8. The summed E-state index contributed by atoms with van der Waals surface area (Å²) < 4.78 is 38.8. The summed E-state index contributed by atoms with van der Waals surface area (Å²) in [7, 11) is -2.26. The molecule has 0 bridgehead atoms. The van der Waals surface area contributed by atoms with Gasteiger partial charge in [-0.15, -0.1) is 0 Å². The number of nitrogens with zero attached hydrogens (tertiary/aromatic N) is 2. The predicted octanol–water partition coefficient (Wildman–Crippen LogP) is 4.59. The van der Waals surface area contributed by atoms with E-state index in [0.29, 0.717) is 11.6 Å². The Morgan fingerprint density at radius 1 is 1.06 bits per heavy atom. The number of nitrogens with one attached hydrogen (secondary N) is 1. The number of benzene rings is 2. The number of para-hydroxylation sites is 1. The van der Waals surface area contributed by atoms with E-state index in [4.69, 9.17) is 21.1 Å². The van der Waals surface area contributed by atoms with Crippen LogP contribution in [0.2, 0.25) is 5.02 Å². The molecule has 9 heteroatoms. The second-order valence-corrected chi connectivity index (χ2v) is 9.52. The van der Waals surface area contributed by atoms with Gasteiger partial charge in [0.1, 0.15) is 16.9 Å². The van der Waals surface area contributed by atoms with Gasteiger partial charge in [0, 0.05) is 31.6 Å². The van der Waals surface area contributed by atoms with E-state index in [0.717, 1.165) is 25.9 Å². The summed E-state index contributed by atoms with van der Waals surface area (Å²) in [6.45, 7) is 1.76. The van der Waals surface area contributed by atoms with Crippen molar-refractivity contribution in [3.8, 4) is 11.6 Å². The molecule has 7 nitrogen and oxygen atoms in total. The van der Waals surface area contributed by atoms with Crippen molar-refractivity contribution < 1.29 is 17.9 Å². The lowest BCUT2D eigenvalue weighted by Gasteiger charge is -2.33. The highest BCUT2D eigenvalue weighted by Gasteiger charge is 2.22. The minimum Gasteiger partial charge on any atom is -0.497 e. The number of pyridine rings is 1. The van der Waals surface area contributed by atoms with Crippen molar-refractivity contribution in [3.63, 3.8) is 0 Å². The molecule has 32 heavy (non-hydrogen) atoms. The van der Waals surface area contributed by atoms with Crippen molar-refractivity contribution in [1.29, 1.82) is 0 Å². The summed E-state index contributed by atoms with van der Waals surface area (Å²) >= 11 is 6.34. The topological polar surface area (TPSA) is 80.8 Å². The van der Waals surface area contributed by atoms with Crippen molar-refractivity contribution in [3.05, 3.63) is 71.9 Å². The minimum atomic E-state index is -3.78. The van der Waals surface area contributed by atoms with Crippen LogP contribution in [-0.4, -0.2) is 39.7 Å². The van der Waals surface area contributed by atoms with Crippen molar-refractivity contribution in [2.45, 2.75) is 23.8 Å². The van der Waals surface area contributed by atoms with E-state index in [9.17, 15) is 8.42 Å². The molecule has 168 valence electrons. The Hall–Kier alpha value is -2.97. The largest absolute Gasteiger partial charge is 0.497 e. The first-order chi connectivity index (χ1) is 15.4. The van der Waals surface area contributed by atoms with Crippen LogP contribution in [0.5, 0.6) is 11.6 Å². The van der Waals surface area contributed by atoms with E-state index in [1.807, 2.05) is 18.2 Å². The first kappa shape index (κ1) is 22.2. The average Bonchev–Trinajstić information content (AvgIpc) is 2.82. The highest BCUT2D eigenvalue weighted by atomic mass is 35.5. The predicted molar refractivity (Wildman–Crippen MR) is 125 cm³/mol. The van der Waals surface area contributed by atoms with Crippen LogP contribution < -0.4 is 19.1 Å². The number of piperidine rings is 1. The third-order valence-electron chi connectivity index (χ3n) is 5.27. The van der Waals surface area contributed by atoms with E-state index in [1.54, 1.807) is 12.1 Å². The van der Waals surface area contributed by atoms with Crippen LogP contribution in [0, 0.1) is 0 Å². The molecule has 0 unspecified atom stereocenters. The van der Waals surface area contributed by atoms with Gasteiger partial charge >= 0.3 is 0 Å². The number of methoxy groups -OCH3 is 1. The number of halogens is 1. The van der Waals surface area contributed by atoms with Gasteiger partial charge in [-0.3, -0.25) is 4.72 Å². The molecule has 0 radical (unpaired) electrons. The standard InChI is InChI=1S/C23H24ClN3O4S/c1-30-19-7-9-21(10-8-19)32(28,29)26-17-15-22(24)23(25-16-17)31-20-11-13-27(14-12-20)18-5-3-2-4-6-18/h2-10,15-16,20,26H,11-14H2,1H3. The maximum atomic E-state index is 12.6. The molecule has 1 aliphatic heterocycles. The molecule has 0 spiro atoms. The first-order valence-corrected chi connectivity index (χ1v) is 12.1. The molecule has 1 fully saturated rings. The summed E-state index contributed by atoms with van der Waals surface area (Å²) in [5, 5.41) is 0.255. The van der Waals surface area contributed by atoms with E-state index in [2.05, 4.69) is 26.7 Å². The lowest BCUT2D eigenvalue weighted by molar-refractivity contribution is 0.164. The van der Waals surface area contributed by atoms with Gasteiger partial charge in [0.25, 0.3) is 10.0 Å². The third-order valence-corrected chi connectivity index (χ3v) is 6.94. The fourth-order valence-corrected chi connectivity index (χ4v) is 4.81. The fourth-order valence-electron chi connectivity index (χ4n) is 3.57. The zero-order chi connectivity index (χ0) is 22.6. The zero-order valence-corrected chi connectivity index (χ0v) is 19.1. The van der Waals surface area contributed by atoms with Gasteiger partial charge in [0.15, 0.2) is 0 Å². The molecule has 2 heterocycles. The lowest BCUT2D eigenvalue weighted by atomic mass is 10.1. The van der Waals surface area contributed by atoms with Crippen LogP contribution in [0.15, 0.2) is 71.8 Å². The summed E-state index contributed by atoms with van der Waals surface area (Å²) in [6, 6.07) is 17.9. The van der Waals surface area contributed by atoms with Crippen molar-refractivity contribution in [1.82, 2.24) is 4.98 Å². The Labute approximate surface area is 193 Å². The van der Waals surface area contributed by atoms with E-state index < -0.39 is 10.0 Å². The van der Waals surface area contributed by atoms with Crippen LogP contribution in [0.4, 0.5) is 11.4 Å². The molecule has 4 rings (SSSR count). The molecule has 3 aromatic rings. The van der Waals surface area contributed by atoms with E-state index in [-0.39, 0.29) is 21.7 Å². The van der Waals surface area contributed by atoms with Crippen LogP contribution in [0.25, 0.3) is 0 Å². The zero-order valence-electron chi connectivity index (χ0n) is 17.6. The Balaban J connectivity index is 1.37. The molecular weight excluding hydrogens is 450 g/mol. The highest BCUT2D eigenvalue weighted by molar-refractivity contribution is 7.92. The number of aromatic nitrogens is 1. The highest BCUT2D eigenvalue weighted by Crippen LogP contribution is 2.29. The van der Waals surface area contributed by atoms with Gasteiger partial charge in [0.05, 0.1) is 23.9 Å². The maximum absolute atomic E-state index is 12.6. The summed E-state index contributed by atoms with van der Waals surface area (Å²) in [5.41, 5.74) is 1.47. The lowest BCUT2D eigenvalue weighted by Crippen LogP contribution is -2.38. The molecular formula is C23H24ClN3O4S. The number of rotatable bonds is 7. The average molecular weight is 474 g/mol. The van der Waals surface area contributed by atoms with Gasteiger partial charge < -0.3 is 14.4 Å². The molecule has 2 aromatic carbocycles. The molecule has 1 saturated heterocycles. The second-order valence-electron chi connectivity index (χ2n) is 7.43. The van der Waals surface area contributed by atoms with Gasteiger partial charge in [-0.1, -0.05) is 29.8 Å². The molecule has 0 atom stereocenters. The van der Waals surface area contributed by atoms with Gasteiger partial charge in [-0.25, -0.2) is 13.4 Å². The Morgan fingerprint density at radius 2 is 1.75 bits per heavy atom. The quantitative estimate of drug-likeness (QED) is 0.540. The molecule has 1 aliphatic rings. The Kier molecular flexibility index (Phi) is 6.72. The van der Waals surface area contributed by atoms with Crippen LogP contribution in [-0.2, 0) is 10.0 Å². The smallest absolute Gasteiger partial charge is 0.261 e. The summed E-state index contributed by atoms with van der Waals surface area (Å²) in [6.07, 6.45) is 3.10. The fraction of sp³-hybridized carbons (Fsp3) is 0.261. The molecule has 1 N–H and O–H groups in total. The van der Waals surface area contributed by atoms with Crippen LogP contribution >= 0.6 is 11.6 Å². The van der Waals surface area contributed by atoms with Crippen molar-refractivity contribution in [2.24, 2.45) is 0 Å². The SMILES string of the molecule is COc1ccc(S(=O)(=O)Nc2cnc(OC3CCN(c4ccccc4)CC3)c(Cl)c2)cc1. The number of ether oxygens (including phenoxy) is 2. The second kappa shape index (κ2) is 9.67. The number of hydrogen-bond donors (Lipinski definition) is 1. The van der Waals surface area contributed by atoms with Crippen LogP contribution in [0.1, 0.15) is 12.8 Å². The number of anilines is 2. The monoisotopic (exact) mass is 473 g/mol. The minimum absolute atomic E-state index is 0.00167. The van der Waals surface area contributed by atoms with Gasteiger partial charge in [0.2, 0.25) is 5.88 Å². The van der Waals surface area contributed by atoms with E-state index in [1.165, 1.54) is 37.2 Å².